The van der Waals surface area contributed by atoms with Crippen LogP contribution in [-0.4, -0.2) is 4.92 Å². The summed E-state index contributed by atoms with van der Waals surface area (Å²) in [5.41, 5.74) is 2.92. The molecule has 0 aliphatic heterocycles. The molecule has 0 aliphatic rings. The molecule has 0 saturated carbocycles. The summed E-state index contributed by atoms with van der Waals surface area (Å²) in [6.07, 6.45) is 0. The zero-order valence-corrected chi connectivity index (χ0v) is 13.6. The minimum atomic E-state index is -0.422. The summed E-state index contributed by atoms with van der Waals surface area (Å²) >= 11 is 8.33. The van der Waals surface area contributed by atoms with Gasteiger partial charge in [0, 0.05) is 33.0 Å². The van der Waals surface area contributed by atoms with Gasteiger partial charge in [-0.25, -0.2) is 0 Å². The van der Waals surface area contributed by atoms with Crippen LogP contribution in [0.15, 0.2) is 36.4 Å². The van der Waals surface area contributed by atoms with E-state index < -0.39 is 4.92 Å². The van der Waals surface area contributed by atoms with Crippen molar-refractivity contribution in [2.45, 2.75) is 13.5 Å². The molecular weight excluding hydrogens is 391 g/mol. The van der Waals surface area contributed by atoms with Gasteiger partial charge in [0.25, 0.3) is 5.69 Å². The van der Waals surface area contributed by atoms with Crippen LogP contribution >= 0.6 is 34.2 Å². The third-order valence-electron chi connectivity index (χ3n) is 2.89. The van der Waals surface area contributed by atoms with Gasteiger partial charge in [0.2, 0.25) is 0 Å². The van der Waals surface area contributed by atoms with Crippen molar-refractivity contribution >= 4 is 45.6 Å². The Morgan fingerprint density at radius 2 is 2.05 bits per heavy atom. The molecule has 0 unspecified atom stereocenters. The number of nitro groups is 1. The molecule has 2 aromatic rings. The first-order valence-electron chi connectivity index (χ1n) is 5.90. The fourth-order valence-corrected chi connectivity index (χ4v) is 2.41. The number of hydrogen-bond acceptors (Lipinski definition) is 3. The number of non-ortho nitro benzene ring substituents is 1. The molecular formula is C14H12ClIN2O2. The standard InChI is InChI=1S/C14H12ClIN2O2/c1-9-2-3-11(7-14(9)16)17-8-10-6-12(18(19)20)4-5-13(10)15/h2-7,17H,8H2,1H3. The predicted molar refractivity (Wildman–Crippen MR) is 89.3 cm³/mol. The Hall–Kier alpha value is -1.34. The Balaban J connectivity index is 2.15. The van der Waals surface area contributed by atoms with E-state index in [0.717, 1.165) is 9.26 Å². The van der Waals surface area contributed by atoms with Gasteiger partial charge < -0.3 is 5.32 Å². The quantitative estimate of drug-likeness (QED) is 0.455. The van der Waals surface area contributed by atoms with E-state index in [0.29, 0.717) is 17.1 Å². The smallest absolute Gasteiger partial charge is 0.269 e. The molecule has 20 heavy (non-hydrogen) atoms. The largest absolute Gasteiger partial charge is 0.381 e. The van der Waals surface area contributed by atoms with E-state index >= 15 is 0 Å². The normalized spacial score (nSPS) is 10.3. The van der Waals surface area contributed by atoms with Crippen LogP contribution in [0.3, 0.4) is 0 Å². The van der Waals surface area contributed by atoms with Gasteiger partial charge >= 0.3 is 0 Å². The molecule has 0 fully saturated rings. The first kappa shape index (κ1) is 15.1. The highest BCUT2D eigenvalue weighted by molar-refractivity contribution is 14.1. The topological polar surface area (TPSA) is 55.2 Å². The van der Waals surface area contributed by atoms with Crippen LogP contribution in [0.1, 0.15) is 11.1 Å². The van der Waals surface area contributed by atoms with Crippen molar-refractivity contribution in [2.75, 3.05) is 5.32 Å². The van der Waals surface area contributed by atoms with Gasteiger partial charge in [0.1, 0.15) is 0 Å². The van der Waals surface area contributed by atoms with Crippen molar-refractivity contribution in [3.05, 3.63) is 66.2 Å². The molecule has 6 heteroatoms. The van der Waals surface area contributed by atoms with Gasteiger partial charge in [-0.15, -0.1) is 0 Å². The average Bonchev–Trinajstić information content (AvgIpc) is 2.41. The SMILES string of the molecule is Cc1ccc(NCc2cc([N+](=O)[O-])ccc2Cl)cc1I. The van der Waals surface area contributed by atoms with Crippen molar-refractivity contribution in [1.82, 2.24) is 0 Å². The molecule has 0 spiro atoms. The zero-order valence-electron chi connectivity index (χ0n) is 10.7. The third-order valence-corrected chi connectivity index (χ3v) is 4.43. The monoisotopic (exact) mass is 402 g/mol. The molecule has 0 heterocycles. The van der Waals surface area contributed by atoms with Crippen molar-refractivity contribution in [3.8, 4) is 0 Å². The van der Waals surface area contributed by atoms with Crippen molar-refractivity contribution < 1.29 is 4.92 Å². The van der Waals surface area contributed by atoms with Crippen LogP contribution in [0.25, 0.3) is 0 Å². The molecule has 0 bridgehead atoms. The number of rotatable bonds is 4. The van der Waals surface area contributed by atoms with E-state index in [2.05, 4.69) is 27.9 Å². The van der Waals surface area contributed by atoms with E-state index in [4.69, 9.17) is 11.6 Å². The van der Waals surface area contributed by atoms with Crippen molar-refractivity contribution in [1.29, 1.82) is 0 Å². The molecule has 2 aromatic carbocycles. The van der Waals surface area contributed by atoms with Crippen LogP contribution in [0.2, 0.25) is 5.02 Å². The number of nitro benzene ring substituents is 1. The molecule has 0 radical (unpaired) electrons. The fourth-order valence-electron chi connectivity index (χ4n) is 1.71. The average molecular weight is 403 g/mol. The Morgan fingerprint density at radius 1 is 1.30 bits per heavy atom. The van der Waals surface area contributed by atoms with Gasteiger partial charge in [0.15, 0.2) is 0 Å². The second-order valence-corrected chi connectivity index (χ2v) is 5.92. The molecule has 0 amide bonds. The maximum Gasteiger partial charge on any atom is 0.269 e. The second-order valence-electron chi connectivity index (χ2n) is 4.35. The summed E-state index contributed by atoms with van der Waals surface area (Å²) in [6, 6.07) is 10.5. The fraction of sp³-hybridized carbons (Fsp3) is 0.143. The Morgan fingerprint density at radius 3 is 2.70 bits per heavy atom. The van der Waals surface area contributed by atoms with Gasteiger partial charge in [-0.05, 0) is 58.8 Å². The third kappa shape index (κ3) is 3.61. The summed E-state index contributed by atoms with van der Waals surface area (Å²) in [4.78, 5) is 10.3. The van der Waals surface area contributed by atoms with Crippen LogP contribution in [0.4, 0.5) is 11.4 Å². The second kappa shape index (κ2) is 6.41. The lowest BCUT2D eigenvalue weighted by molar-refractivity contribution is -0.384. The highest BCUT2D eigenvalue weighted by Crippen LogP contribution is 2.24. The van der Waals surface area contributed by atoms with Crippen molar-refractivity contribution in [3.63, 3.8) is 0 Å². The van der Waals surface area contributed by atoms with E-state index in [1.807, 2.05) is 25.1 Å². The number of hydrogen-bond donors (Lipinski definition) is 1. The van der Waals surface area contributed by atoms with E-state index in [1.165, 1.54) is 17.7 Å². The zero-order chi connectivity index (χ0) is 14.7. The molecule has 0 atom stereocenters. The number of aryl methyl sites for hydroxylation is 1. The minimum Gasteiger partial charge on any atom is -0.381 e. The Kier molecular flexibility index (Phi) is 4.82. The molecule has 1 N–H and O–H groups in total. The number of anilines is 1. The number of benzene rings is 2. The van der Waals surface area contributed by atoms with Crippen molar-refractivity contribution in [2.24, 2.45) is 0 Å². The summed E-state index contributed by atoms with van der Waals surface area (Å²) in [5, 5.41) is 14.5. The van der Waals surface area contributed by atoms with Gasteiger partial charge in [0.05, 0.1) is 4.92 Å². The highest BCUT2D eigenvalue weighted by atomic mass is 127. The molecule has 4 nitrogen and oxygen atoms in total. The molecule has 104 valence electrons. The minimum absolute atomic E-state index is 0.0460. The highest BCUT2D eigenvalue weighted by Gasteiger charge is 2.09. The van der Waals surface area contributed by atoms with Crippen LogP contribution in [0.5, 0.6) is 0 Å². The van der Waals surface area contributed by atoms with Gasteiger partial charge in [-0.2, -0.15) is 0 Å². The number of halogens is 2. The summed E-state index contributed by atoms with van der Waals surface area (Å²) in [7, 11) is 0. The van der Waals surface area contributed by atoms with Gasteiger partial charge in [-0.3, -0.25) is 10.1 Å². The van der Waals surface area contributed by atoms with E-state index in [1.54, 1.807) is 6.07 Å². The van der Waals surface area contributed by atoms with Crippen LogP contribution in [0, 0.1) is 20.6 Å². The summed E-state index contributed by atoms with van der Waals surface area (Å²) < 4.78 is 1.16. The van der Waals surface area contributed by atoms with Crippen LogP contribution < -0.4 is 5.32 Å². The number of nitrogens with zero attached hydrogens (tertiary/aromatic N) is 1. The molecule has 0 aromatic heterocycles. The molecule has 0 saturated heterocycles. The first-order valence-corrected chi connectivity index (χ1v) is 7.36. The Labute approximate surface area is 135 Å². The van der Waals surface area contributed by atoms with E-state index in [-0.39, 0.29) is 5.69 Å². The van der Waals surface area contributed by atoms with Crippen LogP contribution in [-0.2, 0) is 6.54 Å². The first-order chi connectivity index (χ1) is 9.47. The lowest BCUT2D eigenvalue weighted by Crippen LogP contribution is -2.01. The summed E-state index contributed by atoms with van der Waals surface area (Å²) in [5.74, 6) is 0. The predicted octanol–water partition coefficient (Wildman–Crippen LogP) is 4.77. The lowest BCUT2D eigenvalue weighted by Gasteiger charge is -2.09. The Bertz CT molecular complexity index is 662. The van der Waals surface area contributed by atoms with Gasteiger partial charge in [-0.1, -0.05) is 17.7 Å². The lowest BCUT2D eigenvalue weighted by atomic mass is 10.2. The summed E-state index contributed by atoms with van der Waals surface area (Å²) in [6.45, 7) is 2.49. The number of nitrogens with one attached hydrogen (secondary N) is 1. The maximum atomic E-state index is 10.8. The molecule has 2 rings (SSSR count). The molecule has 0 aliphatic carbocycles. The maximum absolute atomic E-state index is 10.8. The van der Waals surface area contributed by atoms with E-state index in [9.17, 15) is 10.1 Å².